The van der Waals surface area contributed by atoms with Crippen LogP contribution in [0.2, 0.25) is 0 Å². The Hall–Kier alpha value is -1.29. The molecule has 1 aromatic rings. The molecule has 1 rings (SSSR count). The van der Waals surface area contributed by atoms with E-state index in [0.717, 1.165) is 0 Å². The SMILES string of the molecule is CC(C)N(CCC#N)C(=O)c1ccc(I)c(O)c1. The first-order valence-corrected chi connectivity index (χ1v) is 6.71. The number of carbonyl (C=O) groups is 1. The fourth-order valence-electron chi connectivity index (χ4n) is 1.58. The summed E-state index contributed by atoms with van der Waals surface area (Å²) in [5.41, 5.74) is 0.444. The van der Waals surface area contributed by atoms with Crippen LogP contribution >= 0.6 is 22.6 Å². The van der Waals surface area contributed by atoms with Crippen molar-refractivity contribution >= 4 is 28.5 Å². The predicted octanol–water partition coefficient (Wildman–Crippen LogP) is 2.76. The Labute approximate surface area is 120 Å². The summed E-state index contributed by atoms with van der Waals surface area (Å²) >= 11 is 2.00. The van der Waals surface area contributed by atoms with Crippen LogP contribution in [0, 0.1) is 14.9 Å². The summed E-state index contributed by atoms with van der Waals surface area (Å²) < 4.78 is 0.706. The Morgan fingerprint density at radius 2 is 2.22 bits per heavy atom. The number of phenols is 1. The number of rotatable bonds is 4. The fraction of sp³-hybridized carbons (Fsp3) is 0.385. The topological polar surface area (TPSA) is 64.3 Å². The van der Waals surface area contributed by atoms with Crippen molar-refractivity contribution in [1.29, 1.82) is 5.26 Å². The lowest BCUT2D eigenvalue weighted by atomic mass is 10.1. The first-order valence-electron chi connectivity index (χ1n) is 5.63. The number of hydrogen-bond donors (Lipinski definition) is 1. The second-order valence-corrected chi connectivity index (χ2v) is 5.33. The van der Waals surface area contributed by atoms with E-state index < -0.39 is 0 Å². The summed E-state index contributed by atoms with van der Waals surface area (Å²) in [6.07, 6.45) is 0.306. The van der Waals surface area contributed by atoms with Gasteiger partial charge in [0.15, 0.2) is 0 Å². The van der Waals surface area contributed by atoms with Crippen LogP contribution < -0.4 is 0 Å². The lowest BCUT2D eigenvalue weighted by molar-refractivity contribution is 0.0710. The fourth-order valence-corrected chi connectivity index (χ4v) is 1.91. The maximum absolute atomic E-state index is 12.3. The third-order valence-electron chi connectivity index (χ3n) is 2.54. The van der Waals surface area contributed by atoms with Crippen molar-refractivity contribution in [2.24, 2.45) is 0 Å². The quantitative estimate of drug-likeness (QED) is 0.842. The smallest absolute Gasteiger partial charge is 0.254 e. The van der Waals surface area contributed by atoms with Gasteiger partial charge in [0, 0.05) is 18.2 Å². The van der Waals surface area contributed by atoms with Gasteiger partial charge in [0.2, 0.25) is 0 Å². The Bertz CT molecular complexity index is 480. The van der Waals surface area contributed by atoms with Gasteiger partial charge in [-0.1, -0.05) is 0 Å². The summed E-state index contributed by atoms with van der Waals surface area (Å²) in [6, 6.07) is 6.91. The van der Waals surface area contributed by atoms with E-state index in [0.29, 0.717) is 22.1 Å². The molecule has 0 saturated carbocycles. The number of nitrogens with zero attached hydrogens (tertiary/aromatic N) is 2. The maximum atomic E-state index is 12.3. The van der Waals surface area contributed by atoms with Crippen LogP contribution in [0.15, 0.2) is 18.2 Å². The average Bonchev–Trinajstić information content (AvgIpc) is 2.32. The summed E-state index contributed by atoms with van der Waals surface area (Å²) in [7, 11) is 0. The molecule has 4 nitrogen and oxygen atoms in total. The Kier molecular flexibility index (Phi) is 5.41. The van der Waals surface area contributed by atoms with Crippen molar-refractivity contribution < 1.29 is 9.90 Å². The standard InChI is InChI=1S/C13H15IN2O2/c1-9(2)16(7-3-6-15)13(18)10-4-5-11(14)12(17)8-10/h4-5,8-9,17H,3,7H2,1-2H3. The molecule has 1 aromatic carbocycles. The van der Waals surface area contributed by atoms with Crippen molar-refractivity contribution in [3.05, 3.63) is 27.3 Å². The van der Waals surface area contributed by atoms with Gasteiger partial charge in [-0.3, -0.25) is 4.79 Å². The van der Waals surface area contributed by atoms with E-state index in [9.17, 15) is 9.90 Å². The molecule has 0 spiro atoms. The summed E-state index contributed by atoms with van der Waals surface area (Å²) in [5.74, 6) is -0.0580. The zero-order valence-corrected chi connectivity index (χ0v) is 12.5. The van der Waals surface area contributed by atoms with Gasteiger partial charge in [-0.2, -0.15) is 5.26 Å². The minimum absolute atomic E-state index is 0.0206. The maximum Gasteiger partial charge on any atom is 0.254 e. The molecule has 0 aliphatic carbocycles. The van der Waals surface area contributed by atoms with Crippen molar-refractivity contribution in [3.8, 4) is 11.8 Å². The van der Waals surface area contributed by atoms with E-state index in [1.807, 2.05) is 42.5 Å². The van der Waals surface area contributed by atoms with Crippen molar-refractivity contribution in [2.75, 3.05) is 6.54 Å². The highest BCUT2D eigenvalue weighted by Gasteiger charge is 2.19. The monoisotopic (exact) mass is 358 g/mol. The van der Waals surface area contributed by atoms with Crippen molar-refractivity contribution in [2.45, 2.75) is 26.3 Å². The van der Waals surface area contributed by atoms with Crippen LogP contribution in [-0.2, 0) is 0 Å². The van der Waals surface area contributed by atoms with E-state index in [4.69, 9.17) is 5.26 Å². The molecule has 1 N–H and O–H groups in total. The lowest BCUT2D eigenvalue weighted by Gasteiger charge is -2.26. The molecule has 18 heavy (non-hydrogen) atoms. The highest BCUT2D eigenvalue weighted by molar-refractivity contribution is 14.1. The van der Waals surface area contributed by atoms with Gasteiger partial charge in [0.05, 0.1) is 16.1 Å². The summed E-state index contributed by atoms with van der Waals surface area (Å²) in [5, 5.41) is 18.2. The largest absolute Gasteiger partial charge is 0.507 e. The zero-order chi connectivity index (χ0) is 13.7. The molecule has 0 fully saturated rings. The number of nitriles is 1. The minimum Gasteiger partial charge on any atom is -0.507 e. The van der Waals surface area contributed by atoms with Gasteiger partial charge in [-0.25, -0.2) is 0 Å². The minimum atomic E-state index is -0.160. The molecule has 0 unspecified atom stereocenters. The van der Waals surface area contributed by atoms with E-state index in [-0.39, 0.29) is 17.7 Å². The summed E-state index contributed by atoms with van der Waals surface area (Å²) in [6.45, 7) is 4.21. The number of phenolic OH excluding ortho intramolecular Hbond substituents is 1. The van der Waals surface area contributed by atoms with Gasteiger partial charge in [-0.15, -0.1) is 0 Å². The highest BCUT2D eigenvalue weighted by Crippen LogP contribution is 2.21. The first-order chi connectivity index (χ1) is 8.47. The predicted molar refractivity (Wildman–Crippen MR) is 77.2 cm³/mol. The molecule has 0 heterocycles. The van der Waals surface area contributed by atoms with Gasteiger partial charge in [0.25, 0.3) is 5.91 Å². The Morgan fingerprint density at radius 3 is 2.72 bits per heavy atom. The van der Waals surface area contributed by atoms with Gasteiger partial charge >= 0.3 is 0 Å². The number of carbonyl (C=O) groups excluding carboxylic acids is 1. The third-order valence-corrected chi connectivity index (χ3v) is 3.45. The van der Waals surface area contributed by atoms with E-state index >= 15 is 0 Å². The number of benzene rings is 1. The molecule has 0 aliphatic rings. The highest BCUT2D eigenvalue weighted by atomic mass is 127. The van der Waals surface area contributed by atoms with E-state index in [1.54, 1.807) is 17.0 Å². The molecule has 0 aromatic heterocycles. The van der Waals surface area contributed by atoms with E-state index in [2.05, 4.69) is 0 Å². The number of amides is 1. The van der Waals surface area contributed by atoms with Crippen LogP contribution in [-0.4, -0.2) is 28.5 Å². The van der Waals surface area contributed by atoms with Crippen LogP contribution in [0.5, 0.6) is 5.75 Å². The Morgan fingerprint density at radius 1 is 1.56 bits per heavy atom. The second-order valence-electron chi connectivity index (χ2n) is 4.17. The molecule has 0 radical (unpaired) electrons. The van der Waals surface area contributed by atoms with Gasteiger partial charge in [0.1, 0.15) is 5.75 Å². The average molecular weight is 358 g/mol. The normalized spacial score (nSPS) is 10.2. The molecule has 0 saturated heterocycles. The van der Waals surface area contributed by atoms with Crippen LogP contribution in [0.3, 0.4) is 0 Å². The first kappa shape index (κ1) is 14.8. The van der Waals surface area contributed by atoms with Crippen LogP contribution in [0.25, 0.3) is 0 Å². The molecule has 0 aliphatic heterocycles. The molecule has 0 bridgehead atoms. The van der Waals surface area contributed by atoms with E-state index in [1.165, 1.54) is 6.07 Å². The van der Waals surface area contributed by atoms with Crippen molar-refractivity contribution in [3.63, 3.8) is 0 Å². The summed E-state index contributed by atoms with van der Waals surface area (Å²) in [4.78, 5) is 13.9. The van der Waals surface area contributed by atoms with Crippen LogP contribution in [0.1, 0.15) is 30.6 Å². The number of aromatic hydroxyl groups is 1. The van der Waals surface area contributed by atoms with Crippen LogP contribution in [0.4, 0.5) is 0 Å². The van der Waals surface area contributed by atoms with Gasteiger partial charge < -0.3 is 10.0 Å². The van der Waals surface area contributed by atoms with Crippen molar-refractivity contribution in [1.82, 2.24) is 4.90 Å². The molecule has 0 atom stereocenters. The number of halogens is 1. The molecule has 1 amide bonds. The molecule has 5 heteroatoms. The lowest BCUT2D eigenvalue weighted by Crippen LogP contribution is -2.37. The molecule has 96 valence electrons. The zero-order valence-electron chi connectivity index (χ0n) is 10.4. The Balaban J connectivity index is 2.95. The third kappa shape index (κ3) is 3.60. The molecular weight excluding hydrogens is 343 g/mol. The van der Waals surface area contributed by atoms with Gasteiger partial charge in [-0.05, 0) is 54.6 Å². The second kappa shape index (κ2) is 6.59. The molecular formula is C13H15IN2O2. The number of hydrogen-bond acceptors (Lipinski definition) is 3.